The van der Waals surface area contributed by atoms with Crippen molar-refractivity contribution >= 4 is 33.4 Å². The van der Waals surface area contributed by atoms with E-state index < -0.39 is 5.97 Å². The Balaban J connectivity index is 2.21. The van der Waals surface area contributed by atoms with Gasteiger partial charge >= 0.3 is 5.97 Å². The number of nitrogens with zero attached hydrogens (tertiary/aromatic N) is 2. The third-order valence-corrected chi connectivity index (χ3v) is 2.72. The zero-order chi connectivity index (χ0) is 13.1. The van der Waals surface area contributed by atoms with Gasteiger partial charge in [0, 0.05) is 4.47 Å². The number of anilines is 2. The zero-order valence-corrected chi connectivity index (χ0v) is 10.5. The molecule has 0 fully saturated rings. The van der Waals surface area contributed by atoms with Crippen molar-refractivity contribution in [2.75, 3.05) is 5.32 Å². The number of hydrogen-bond donors (Lipinski definition) is 2. The molecule has 0 bridgehead atoms. The molecular weight excluding hydrogens is 305 g/mol. The minimum absolute atomic E-state index is 0.140. The summed E-state index contributed by atoms with van der Waals surface area (Å²) < 4.78 is 13.4. The first-order valence-corrected chi connectivity index (χ1v) is 5.63. The Bertz CT molecular complexity index is 589. The molecule has 2 aromatic rings. The summed E-state index contributed by atoms with van der Waals surface area (Å²) in [6, 6.07) is 4.14. The van der Waals surface area contributed by atoms with Gasteiger partial charge in [-0.25, -0.2) is 19.2 Å². The van der Waals surface area contributed by atoms with Gasteiger partial charge < -0.3 is 10.4 Å². The van der Waals surface area contributed by atoms with Crippen LogP contribution in [-0.4, -0.2) is 21.0 Å². The first-order chi connectivity index (χ1) is 8.56. The van der Waals surface area contributed by atoms with E-state index in [1.54, 1.807) is 0 Å². The molecule has 18 heavy (non-hydrogen) atoms. The van der Waals surface area contributed by atoms with Crippen LogP contribution < -0.4 is 5.32 Å². The van der Waals surface area contributed by atoms with Gasteiger partial charge in [-0.05, 0) is 34.1 Å². The Labute approximate surface area is 110 Å². The van der Waals surface area contributed by atoms with Crippen LogP contribution in [0.3, 0.4) is 0 Å². The van der Waals surface area contributed by atoms with E-state index in [0.717, 1.165) is 6.20 Å². The predicted octanol–water partition coefficient (Wildman–Crippen LogP) is 2.82. The fourth-order valence-electron chi connectivity index (χ4n) is 1.23. The molecule has 5 nitrogen and oxygen atoms in total. The molecular formula is C11H7BrFN3O2. The van der Waals surface area contributed by atoms with Crippen LogP contribution in [0.5, 0.6) is 0 Å². The average Bonchev–Trinajstić information content (AvgIpc) is 2.33. The van der Waals surface area contributed by atoms with Gasteiger partial charge in [0.25, 0.3) is 0 Å². The lowest BCUT2D eigenvalue weighted by molar-refractivity contribution is 0.0690. The lowest BCUT2D eigenvalue weighted by Gasteiger charge is -2.07. The molecule has 0 spiro atoms. The lowest BCUT2D eigenvalue weighted by atomic mass is 10.3. The number of hydrogen-bond acceptors (Lipinski definition) is 4. The van der Waals surface area contributed by atoms with Crippen LogP contribution in [0.1, 0.15) is 10.5 Å². The van der Waals surface area contributed by atoms with E-state index >= 15 is 0 Å². The molecule has 1 aromatic carbocycles. The van der Waals surface area contributed by atoms with Crippen LogP contribution in [0, 0.1) is 5.82 Å². The highest BCUT2D eigenvalue weighted by Gasteiger charge is 2.06. The van der Waals surface area contributed by atoms with Crippen molar-refractivity contribution in [3.8, 4) is 0 Å². The second-order valence-corrected chi connectivity index (χ2v) is 4.20. The number of benzene rings is 1. The lowest BCUT2D eigenvalue weighted by Crippen LogP contribution is -2.03. The number of aromatic carboxylic acids is 1. The number of carbonyl (C=O) groups is 1. The maximum absolute atomic E-state index is 12.9. The van der Waals surface area contributed by atoms with E-state index in [4.69, 9.17) is 5.11 Å². The van der Waals surface area contributed by atoms with Crippen molar-refractivity contribution in [3.05, 3.63) is 46.6 Å². The maximum Gasteiger partial charge on any atom is 0.356 e. The van der Waals surface area contributed by atoms with Crippen molar-refractivity contribution in [1.82, 2.24) is 9.97 Å². The molecule has 0 atom stereocenters. The van der Waals surface area contributed by atoms with E-state index in [0.29, 0.717) is 16.0 Å². The zero-order valence-electron chi connectivity index (χ0n) is 8.89. The van der Waals surface area contributed by atoms with Gasteiger partial charge in [-0.1, -0.05) is 0 Å². The number of rotatable bonds is 3. The summed E-state index contributed by atoms with van der Waals surface area (Å²) in [5.41, 5.74) is 0.465. The third kappa shape index (κ3) is 2.80. The Morgan fingerprint density at radius 3 is 2.67 bits per heavy atom. The summed E-state index contributed by atoms with van der Waals surface area (Å²) in [6.07, 6.45) is 2.43. The third-order valence-electron chi connectivity index (χ3n) is 2.06. The Morgan fingerprint density at radius 2 is 2.11 bits per heavy atom. The molecule has 0 unspecified atom stereocenters. The number of carboxylic acid groups (broad SMARTS) is 1. The number of halogens is 2. The summed E-state index contributed by atoms with van der Waals surface area (Å²) in [5.74, 6) is -1.14. The largest absolute Gasteiger partial charge is 0.476 e. The SMILES string of the molecule is O=C(O)c1cnc(Nc2ccc(F)cc2Br)cn1. The summed E-state index contributed by atoms with van der Waals surface area (Å²) in [4.78, 5) is 18.2. The topological polar surface area (TPSA) is 75.1 Å². The van der Waals surface area contributed by atoms with Crippen molar-refractivity contribution in [2.24, 2.45) is 0 Å². The minimum Gasteiger partial charge on any atom is -0.476 e. The summed E-state index contributed by atoms with van der Waals surface area (Å²) in [5, 5.41) is 11.6. The highest BCUT2D eigenvalue weighted by atomic mass is 79.9. The van der Waals surface area contributed by atoms with E-state index in [1.165, 1.54) is 24.4 Å². The molecule has 7 heteroatoms. The van der Waals surface area contributed by atoms with Crippen LogP contribution in [0.25, 0.3) is 0 Å². The number of aromatic nitrogens is 2. The number of carboxylic acids is 1. The molecule has 0 radical (unpaired) electrons. The smallest absolute Gasteiger partial charge is 0.356 e. The van der Waals surface area contributed by atoms with Gasteiger partial charge in [-0.3, -0.25) is 0 Å². The van der Waals surface area contributed by atoms with E-state index in [2.05, 4.69) is 31.2 Å². The molecule has 2 N–H and O–H groups in total. The molecule has 0 amide bonds. The van der Waals surface area contributed by atoms with Crippen LogP contribution in [0.4, 0.5) is 15.9 Å². The quantitative estimate of drug-likeness (QED) is 0.911. The standard InChI is InChI=1S/C11H7BrFN3O2/c12-7-3-6(13)1-2-8(7)16-10-5-14-9(4-15-10)11(17)18/h1-5H,(H,15,16)(H,17,18). The van der Waals surface area contributed by atoms with Gasteiger partial charge in [0.05, 0.1) is 18.1 Å². The first kappa shape index (κ1) is 12.4. The molecule has 1 aromatic heterocycles. The van der Waals surface area contributed by atoms with Crippen molar-refractivity contribution < 1.29 is 14.3 Å². The average molecular weight is 312 g/mol. The molecule has 92 valence electrons. The second kappa shape index (κ2) is 5.09. The van der Waals surface area contributed by atoms with E-state index in [-0.39, 0.29) is 11.5 Å². The summed E-state index contributed by atoms with van der Waals surface area (Å²) >= 11 is 3.20. The minimum atomic E-state index is -1.14. The summed E-state index contributed by atoms with van der Waals surface area (Å²) in [7, 11) is 0. The first-order valence-electron chi connectivity index (χ1n) is 4.83. The van der Waals surface area contributed by atoms with Gasteiger partial charge in [0.1, 0.15) is 11.6 Å². The van der Waals surface area contributed by atoms with Crippen molar-refractivity contribution in [3.63, 3.8) is 0 Å². The van der Waals surface area contributed by atoms with E-state index in [1.807, 2.05) is 0 Å². The molecule has 0 saturated heterocycles. The van der Waals surface area contributed by atoms with Crippen LogP contribution in [-0.2, 0) is 0 Å². The maximum atomic E-state index is 12.9. The normalized spacial score (nSPS) is 10.1. The highest BCUT2D eigenvalue weighted by molar-refractivity contribution is 9.10. The fourth-order valence-corrected chi connectivity index (χ4v) is 1.68. The molecule has 0 aliphatic heterocycles. The van der Waals surface area contributed by atoms with E-state index in [9.17, 15) is 9.18 Å². The van der Waals surface area contributed by atoms with Gasteiger partial charge in [-0.2, -0.15) is 0 Å². The van der Waals surface area contributed by atoms with Gasteiger partial charge in [0.2, 0.25) is 0 Å². The van der Waals surface area contributed by atoms with Crippen molar-refractivity contribution in [1.29, 1.82) is 0 Å². The molecule has 0 aliphatic carbocycles. The monoisotopic (exact) mass is 311 g/mol. The Kier molecular flexibility index (Phi) is 3.52. The van der Waals surface area contributed by atoms with Crippen LogP contribution in [0.15, 0.2) is 35.1 Å². The Morgan fingerprint density at radius 1 is 1.33 bits per heavy atom. The van der Waals surface area contributed by atoms with Crippen molar-refractivity contribution in [2.45, 2.75) is 0 Å². The molecule has 0 saturated carbocycles. The number of nitrogens with one attached hydrogen (secondary N) is 1. The highest BCUT2D eigenvalue weighted by Crippen LogP contribution is 2.25. The fraction of sp³-hybridized carbons (Fsp3) is 0. The second-order valence-electron chi connectivity index (χ2n) is 3.34. The van der Waals surface area contributed by atoms with Gasteiger partial charge in [0.15, 0.2) is 5.69 Å². The Hall–Kier alpha value is -2.02. The molecule has 1 heterocycles. The predicted molar refractivity (Wildman–Crippen MR) is 66.4 cm³/mol. The van der Waals surface area contributed by atoms with Gasteiger partial charge in [-0.15, -0.1) is 0 Å². The molecule has 2 rings (SSSR count). The molecule has 0 aliphatic rings. The van der Waals surface area contributed by atoms with Crippen LogP contribution in [0.2, 0.25) is 0 Å². The summed E-state index contributed by atoms with van der Waals surface area (Å²) in [6.45, 7) is 0. The van der Waals surface area contributed by atoms with Crippen LogP contribution >= 0.6 is 15.9 Å².